The van der Waals surface area contributed by atoms with Gasteiger partial charge in [0, 0.05) is 49.4 Å². The lowest BCUT2D eigenvalue weighted by Gasteiger charge is -2.32. The molecule has 1 aliphatic heterocycles. The first-order chi connectivity index (χ1) is 10.5. The Hall–Kier alpha value is -1.95. The van der Waals surface area contributed by atoms with E-state index in [1.807, 2.05) is 11.1 Å². The SMILES string of the molecule is Cc1cnc(C2CCCN(C(=O)c3ccc(=O)n(C)c3)C2)s1. The third-order valence-corrected chi connectivity index (χ3v) is 5.11. The number of thiazole rings is 1. The van der Waals surface area contributed by atoms with E-state index in [9.17, 15) is 9.59 Å². The lowest BCUT2D eigenvalue weighted by molar-refractivity contribution is 0.0706. The standard InChI is InChI=1S/C16H19N3O2S/c1-11-8-17-15(22-11)12-4-3-7-19(10-12)16(21)13-5-6-14(20)18(2)9-13/h5-6,8-9,12H,3-4,7,10H2,1-2H3. The molecule has 6 heteroatoms. The Morgan fingerprint density at radius 2 is 2.23 bits per heavy atom. The molecule has 0 aromatic carbocycles. The van der Waals surface area contributed by atoms with Crippen molar-refractivity contribution in [2.45, 2.75) is 25.7 Å². The Balaban J connectivity index is 1.77. The monoisotopic (exact) mass is 317 g/mol. The summed E-state index contributed by atoms with van der Waals surface area (Å²) < 4.78 is 1.44. The van der Waals surface area contributed by atoms with E-state index in [4.69, 9.17) is 0 Å². The molecule has 0 N–H and O–H groups in total. The van der Waals surface area contributed by atoms with Crippen LogP contribution in [0.5, 0.6) is 0 Å². The minimum absolute atomic E-state index is 0.00595. The smallest absolute Gasteiger partial charge is 0.255 e. The molecule has 116 valence electrons. The van der Waals surface area contributed by atoms with Gasteiger partial charge in [-0.15, -0.1) is 11.3 Å². The normalized spacial score (nSPS) is 18.5. The second-order valence-electron chi connectivity index (χ2n) is 5.77. The van der Waals surface area contributed by atoms with Gasteiger partial charge in [-0.1, -0.05) is 0 Å². The molecular formula is C16H19N3O2S. The van der Waals surface area contributed by atoms with E-state index in [1.54, 1.807) is 30.6 Å². The van der Waals surface area contributed by atoms with E-state index in [-0.39, 0.29) is 11.5 Å². The van der Waals surface area contributed by atoms with E-state index >= 15 is 0 Å². The molecular weight excluding hydrogens is 298 g/mol. The Morgan fingerprint density at radius 3 is 2.91 bits per heavy atom. The molecule has 3 rings (SSSR count). The summed E-state index contributed by atoms with van der Waals surface area (Å²) in [6.07, 6.45) is 5.57. The predicted molar refractivity (Wildman–Crippen MR) is 86.4 cm³/mol. The summed E-state index contributed by atoms with van der Waals surface area (Å²) in [5, 5.41) is 1.12. The van der Waals surface area contributed by atoms with E-state index < -0.39 is 0 Å². The molecule has 0 radical (unpaired) electrons. The number of piperidine rings is 1. The highest BCUT2D eigenvalue weighted by Crippen LogP contribution is 2.30. The molecule has 0 aliphatic carbocycles. The average molecular weight is 317 g/mol. The summed E-state index contributed by atoms with van der Waals surface area (Å²) in [5.41, 5.74) is 0.462. The van der Waals surface area contributed by atoms with Gasteiger partial charge in [-0.3, -0.25) is 9.59 Å². The lowest BCUT2D eigenvalue weighted by atomic mass is 9.98. The van der Waals surface area contributed by atoms with Crippen LogP contribution in [-0.4, -0.2) is 33.4 Å². The largest absolute Gasteiger partial charge is 0.338 e. The average Bonchev–Trinajstić information content (AvgIpc) is 2.96. The molecule has 0 bridgehead atoms. The van der Waals surface area contributed by atoms with Crippen molar-refractivity contribution >= 4 is 17.2 Å². The number of aromatic nitrogens is 2. The highest BCUT2D eigenvalue weighted by Gasteiger charge is 2.27. The zero-order valence-corrected chi connectivity index (χ0v) is 13.6. The summed E-state index contributed by atoms with van der Waals surface area (Å²) in [4.78, 5) is 31.6. The van der Waals surface area contributed by atoms with Gasteiger partial charge in [0.15, 0.2) is 0 Å². The van der Waals surface area contributed by atoms with Crippen LogP contribution >= 0.6 is 11.3 Å². The highest BCUT2D eigenvalue weighted by molar-refractivity contribution is 7.11. The van der Waals surface area contributed by atoms with Gasteiger partial charge >= 0.3 is 0 Å². The number of nitrogens with zero attached hydrogens (tertiary/aromatic N) is 3. The van der Waals surface area contributed by atoms with Gasteiger partial charge in [-0.2, -0.15) is 0 Å². The first-order valence-electron chi connectivity index (χ1n) is 7.43. The number of carbonyl (C=O) groups is 1. The van der Waals surface area contributed by atoms with Gasteiger partial charge in [0.1, 0.15) is 0 Å². The Kier molecular flexibility index (Phi) is 4.11. The number of pyridine rings is 1. The van der Waals surface area contributed by atoms with Crippen LogP contribution in [-0.2, 0) is 7.05 Å². The first kappa shape index (κ1) is 15.0. The van der Waals surface area contributed by atoms with Gasteiger partial charge in [0.05, 0.1) is 10.6 Å². The fraction of sp³-hybridized carbons (Fsp3) is 0.438. The van der Waals surface area contributed by atoms with Gasteiger partial charge in [-0.05, 0) is 25.8 Å². The summed E-state index contributed by atoms with van der Waals surface area (Å²) in [5.74, 6) is 0.317. The Bertz CT molecular complexity index is 750. The van der Waals surface area contributed by atoms with Crippen molar-refractivity contribution in [3.05, 3.63) is 50.3 Å². The summed E-state index contributed by atoms with van der Waals surface area (Å²) in [6, 6.07) is 3.06. The van der Waals surface area contributed by atoms with Gasteiger partial charge < -0.3 is 9.47 Å². The van der Waals surface area contributed by atoms with Gasteiger partial charge in [0.2, 0.25) is 5.56 Å². The second-order valence-corrected chi connectivity index (χ2v) is 7.03. The Morgan fingerprint density at radius 1 is 1.41 bits per heavy atom. The van der Waals surface area contributed by atoms with Crippen molar-refractivity contribution in [3.8, 4) is 0 Å². The maximum absolute atomic E-state index is 12.6. The number of likely N-dealkylation sites (tertiary alicyclic amines) is 1. The summed E-state index contributed by atoms with van der Waals surface area (Å²) in [6.45, 7) is 3.52. The third kappa shape index (κ3) is 2.97. The molecule has 0 spiro atoms. The topological polar surface area (TPSA) is 55.2 Å². The van der Waals surface area contributed by atoms with Crippen molar-refractivity contribution in [3.63, 3.8) is 0 Å². The van der Waals surface area contributed by atoms with Crippen molar-refractivity contribution in [1.29, 1.82) is 0 Å². The van der Waals surface area contributed by atoms with Crippen molar-refractivity contribution in [2.75, 3.05) is 13.1 Å². The van der Waals surface area contributed by atoms with Crippen LogP contribution < -0.4 is 5.56 Å². The number of carbonyl (C=O) groups excluding carboxylic acids is 1. The lowest BCUT2D eigenvalue weighted by Crippen LogP contribution is -2.39. The number of aryl methyl sites for hydroxylation is 2. The maximum atomic E-state index is 12.6. The molecule has 3 heterocycles. The number of hydrogen-bond acceptors (Lipinski definition) is 4. The molecule has 5 nitrogen and oxygen atoms in total. The summed E-state index contributed by atoms with van der Waals surface area (Å²) in [7, 11) is 1.66. The second kappa shape index (κ2) is 6.04. The van der Waals surface area contributed by atoms with Crippen LogP contribution in [0, 0.1) is 6.92 Å². The molecule has 1 atom stereocenters. The van der Waals surface area contributed by atoms with Crippen LogP contribution in [0.3, 0.4) is 0 Å². The molecule has 1 aliphatic rings. The van der Waals surface area contributed by atoms with Crippen LogP contribution in [0.2, 0.25) is 0 Å². The van der Waals surface area contributed by atoms with Crippen molar-refractivity contribution in [2.24, 2.45) is 7.05 Å². The molecule has 2 aromatic heterocycles. The quantitative estimate of drug-likeness (QED) is 0.853. The minimum Gasteiger partial charge on any atom is -0.338 e. The summed E-state index contributed by atoms with van der Waals surface area (Å²) >= 11 is 1.71. The third-order valence-electron chi connectivity index (χ3n) is 4.03. The van der Waals surface area contributed by atoms with Crippen molar-refractivity contribution < 1.29 is 4.79 Å². The number of hydrogen-bond donors (Lipinski definition) is 0. The number of amides is 1. The molecule has 1 amide bonds. The van der Waals surface area contributed by atoms with E-state index in [2.05, 4.69) is 11.9 Å². The van der Waals surface area contributed by atoms with E-state index in [0.717, 1.165) is 24.4 Å². The molecule has 2 aromatic rings. The minimum atomic E-state index is -0.105. The van der Waals surface area contributed by atoms with E-state index in [0.29, 0.717) is 18.0 Å². The zero-order valence-electron chi connectivity index (χ0n) is 12.8. The molecule has 1 saturated heterocycles. The fourth-order valence-electron chi connectivity index (χ4n) is 2.83. The molecule has 1 fully saturated rings. The van der Waals surface area contributed by atoms with Crippen LogP contribution in [0.4, 0.5) is 0 Å². The van der Waals surface area contributed by atoms with Crippen molar-refractivity contribution in [1.82, 2.24) is 14.5 Å². The maximum Gasteiger partial charge on any atom is 0.255 e. The molecule has 1 unspecified atom stereocenters. The van der Waals surface area contributed by atoms with Crippen LogP contribution in [0.1, 0.15) is 39.0 Å². The van der Waals surface area contributed by atoms with Crippen LogP contribution in [0.25, 0.3) is 0 Å². The van der Waals surface area contributed by atoms with Gasteiger partial charge in [0.25, 0.3) is 5.91 Å². The van der Waals surface area contributed by atoms with Crippen LogP contribution in [0.15, 0.2) is 29.3 Å². The highest BCUT2D eigenvalue weighted by atomic mass is 32.1. The fourth-order valence-corrected chi connectivity index (χ4v) is 3.73. The molecule has 0 saturated carbocycles. The predicted octanol–water partition coefficient (Wildman–Crippen LogP) is 2.17. The first-order valence-corrected chi connectivity index (χ1v) is 8.24. The number of rotatable bonds is 2. The van der Waals surface area contributed by atoms with E-state index in [1.165, 1.54) is 15.5 Å². The zero-order chi connectivity index (χ0) is 15.7. The van der Waals surface area contributed by atoms with Gasteiger partial charge in [-0.25, -0.2) is 4.98 Å². The Labute approximate surface area is 133 Å². The molecule has 22 heavy (non-hydrogen) atoms.